The van der Waals surface area contributed by atoms with Gasteiger partial charge >= 0.3 is 0 Å². The zero-order valence-corrected chi connectivity index (χ0v) is 15.6. The largest absolute Gasteiger partial charge is 0.301 e. The molecule has 0 atom stereocenters. The van der Waals surface area contributed by atoms with Gasteiger partial charge in [-0.25, -0.2) is 13.1 Å². The van der Waals surface area contributed by atoms with Crippen molar-refractivity contribution in [2.75, 3.05) is 39.3 Å². The highest BCUT2D eigenvalue weighted by Crippen LogP contribution is 2.22. The van der Waals surface area contributed by atoms with Crippen LogP contribution in [0.2, 0.25) is 5.02 Å². The van der Waals surface area contributed by atoms with Crippen molar-refractivity contribution in [1.29, 1.82) is 0 Å². The number of benzene rings is 1. The second-order valence-electron chi connectivity index (χ2n) is 6.49. The summed E-state index contributed by atoms with van der Waals surface area (Å²) in [5.74, 6) is 0. The number of piperazine rings is 1. The molecule has 0 unspecified atom stereocenters. The van der Waals surface area contributed by atoms with Gasteiger partial charge in [-0.1, -0.05) is 30.7 Å². The molecular formula is C16H26ClN3O2S. The van der Waals surface area contributed by atoms with Gasteiger partial charge in [-0.15, -0.1) is 0 Å². The third-order valence-corrected chi connectivity index (χ3v) is 6.40. The van der Waals surface area contributed by atoms with Gasteiger partial charge in [0.25, 0.3) is 0 Å². The molecule has 0 bridgehead atoms. The van der Waals surface area contributed by atoms with Crippen LogP contribution in [0.4, 0.5) is 0 Å². The minimum Gasteiger partial charge on any atom is -0.301 e. The minimum absolute atomic E-state index is 0.133. The number of hydrogen-bond acceptors (Lipinski definition) is 4. The summed E-state index contributed by atoms with van der Waals surface area (Å²) in [6.45, 7) is 11.7. The van der Waals surface area contributed by atoms with Gasteiger partial charge < -0.3 is 4.90 Å². The molecule has 1 aliphatic heterocycles. The van der Waals surface area contributed by atoms with E-state index >= 15 is 0 Å². The van der Waals surface area contributed by atoms with Crippen molar-refractivity contribution in [3.8, 4) is 0 Å². The fraction of sp³-hybridized carbons (Fsp3) is 0.625. The molecule has 0 aromatic heterocycles. The molecule has 1 N–H and O–H groups in total. The zero-order valence-electron chi connectivity index (χ0n) is 14.0. The quantitative estimate of drug-likeness (QED) is 0.844. The first-order valence-electron chi connectivity index (χ1n) is 7.98. The number of hydrogen-bond donors (Lipinski definition) is 1. The Morgan fingerprint density at radius 3 is 2.35 bits per heavy atom. The van der Waals surface area contributed by atoms with Gasteiger partial charge in [-0.2, -0.15) is 0 Å². The van der Waals surface area contributed by atoms with E-state index in [1.54, 1.807) is 18.2 Å². The summed E-state index contributed by atoms with van der Waals surface area (Å²) in [6.07, 6.45) is 0. The lowest BCUT2D eigenvalue weighted by atomic mass is 10.0. The Hall–Kier alpha value is -0.660. The van der Waals surface area contributed by atoms with Crippen LogP contribution in [0.3, 0.4) is 0 Å². The summed E-state index contributed by atoms with van der Waals surface area (Å²) >= 11 is 6.00. The van der Waals surface area contributed by atoms with Crippen LogP contribution in [0.25, 0.3) is 0 Å². The summed E-state index contributed by atoms with van der Waals surface area (Å²) in [7, 11) is -3.60. The summed E-state index contributed by atoms with van der Waals surface area (Å²) in [5.41, 5.74) is -0.242. The van der Waals surface area contributed by atoms with Crippen molar-refractivity contribution in [3.05, 3.63) is 29.3 Å². The number of sulfonamides is 1. The van der Waals surface area contributed by atoms with Gasteiger partial charge in [-0.3, -0.25) is 4.90 Å². The molecule has 0 saturated carbocycles. The van der Waals surface area contributed by atoms with Gasteiger partial charge in [0, 0.05) is 38.3 Å². The lowest BCUT2D eigenvalue weighted by molar-refractivity contribution is 0.0571. The third-order valence-electron chi connectivity index (χ3n) is 4.50. The summed E-state index contributed by atoms with van der Waals surface area (Å²) in [4.78, 5) is 4.88. The van der Waals surface area contributed by atoms with E-state index in [0.29, 0.717) is 6.54 Å². The smallest absolute Gasteiger partial charge is 0.242 e. The molecule has 1 aromatic carbocycles. The van der Waals surface area contributed by atoms with Crippen LogP contribution in [0.15, 0.2) is 29.2 Å². The Kier molecular flexibility index (Phi) is 6.08. The van der Waals surface area contributed by atoms with Crippen LogP contribution in [-0.2, 0) is 10.0 Å². The van der Waals surface area contributed by atoms with Gasteiger partial charge in [0.2, 0.25) is 10.0 Å². The van der Waals surface area contributed by atoms with Crippen molar-refractivity contribution in [2.45, 2.75) is 31.2 Å². The van der Waals surface area contributed by atoms with Crippen LogP contribution < -0.4 is 4.72 Å². The molecular weight excluding hydrogens is 334 g/mol. The van der Waals surface area contributed by atoms with E-state index in [2.05, 4.69) is 35.3 Å². The topological polar surface area (TPSA) is 52.6 Å². The molecule has 0 radical (unpaired) electrons. The summed E-state index contributed by atoms with van der Waals surface area (Å²) < 4.78 is 27.6. The number of likely N-dealkylation sites (N-methyl/N-ethyl adjacent to an activating group) is 1. The lowest BCUT2D eigenvalue weighted by Crippen LogP contribution is -2.58. The highest BCUT2D eigenvalue weighted by Gasteiger charge is 2.31. The average molecular weight is 360 g/mol. The van der Waals surface area contributed by atoms with Crippen molar-refractivity contribution in [1.82, 2.24) is 14.5 Å². The molecule has 5 nitrogen and oxygen atoms in total. The van der Waals surface area contributed by atoms with Crippen LogP contribution in [0.5, 0.6) is 0 Å². The van der Waals surface area contributed by atoms with Crippen molar-refractivity contribution in [3.63, 3.8) is 0 Å². The van der Waals surface area contributed by atoms with Crippen molar-refractivity contribution < 1.29 is 8.42 Å². The molecule has 0 amide bonds. The Morgan fingerprint density at radius 2 is 1.78 bits per heavy atom. The van der Waals surface area contributed by atoms with E-state index in [4.69, 9.17) is 11.6 Å². The van der Waals surface area contributed by atoms with Gasteiger partial charge in [0.1, 0.15) is 4.90 Å². The van der Waals surface area contributed by atoms with E-state index in [-0.39, 0.29) is 15.5 Å². The maximum Gasteiger partial charge on any atom is 0.242 e. The van der Waals surface area contributed by atoms with Crippen LogP contribution >= 0.6 is 11.6 Å². The first-order valence-corrected chi connectivity index (χ1v) is 9.84. The monoisotopic (exact) mass is 359 g/mol. The maximum absolute atomic E-state index is 12.5. The molecule has 1 aromatic rings. The maximum atomic E-state index is 12.5. The van der Waals surface area contributed by atoms with Crippen LogP contribution in [-0.4, -0.2) is 63.0 Å². The van der Waals surface area contributed by atoms with Crippen molar-refractivity contribution >= 4 is 21.6 Å². The Morgan fingerprint density at radius 1 is 1.17 bits per heavy atom. The van der Waals surface area contributed by atoms with Crippen LogP contribution in [0.1, 0.15) is 20.8 Å². The first-order chi connectivity index (χ1) is 10.8. The Bertz CT molecular complexity index is 626. The molecule has 1 saturated heterocycles. The predicted octanol–water partition coefficient (Wildman–Crippen LogP) is 2.03. The predicted molar refractivity (Wildman–Crippen MR) is 94.4 cm³/mol. The van der Waals surface area contributed by atoms with E-state index in [1.807, 2.05) is 0 Å². The highest BCUT2D eigenvalue weighted by atomic mass is 35.5. The Balaban J connectivity index is 2.00. The molecule has 130 valence electrons. The van der Waals surface area contributed by atoms with E-state index in [9.17, 15) is 8.42 Å². The van der Waals surface area contributed by atoms with E-state index in [1.165, 1.54) is 6.07 Å². The molecule has 1 aliphatic rings. The number of nitrogens with zero attached hydrogens (tertiary/aromatic N) is 2. The highest BCUT2D eigenvalue weighted by molar-refractivity contribution is 7.89. The molecule has 23 heavy (non-hydrogen) atoms. The molecule has 1 fully saturated rings. The van der Waals surface area contributed by atoms with E-state index < -0.39 is 10.0 Å². The number of nitrogens with one attached hydrogen (secondary N) is 1. The normalized spacial score (nSPS) is 18.3. The summed E-state index contributed by atoms with van der Waals surface area (Å²) in [6, 6.07) is 6.51. The fourth-order valence-corrected chi connectivity index (χ4v) is 4.51. The van der Waals surface area contributed by atoms with Gasteiger partial charge in [0.05, 0.1) is 5.02 Å². The second-order valence-corrected chi connectivity index (χ2v) is 8.63. The van der Waals surface area contributed by atoms with E-state index in [0.717, 1.165) is 32.7 Å². The minimum atomic E-state index is -3.60. The standard InChI is InChI=1S/C16H26ClN3O2S/c1-4-19-9-11-20(12-10-19)16(2,3)13-18-23(21,22)15-8-6-5-7-14(15)17/h5-8,18H,4,9-13H2,1-3H3. The zero-order chi connectivity index (χ0) is 17.1. The molecule has 0 spiro atoms. The SMILES string of the molecule is CCN1CCN(C(C)(C)CNS(=O)(=O)c2ccccc2Cl)CC1. The number of rotatable bonds is 6. The average Bonchev–Trinajstić information content (AvgIpc) is 2.53. The molecule has 7 heteroatoms. The first kappa shape index (κ1) is 18.7. The molecule has 1 heterocycles. The second kappa shape index (κ2) is 7.49. The Labute approximate surface area is 144 Å². The van der Waals surface area contributed by atoms with Gasteiger partial charge in [-0.05, 0) is 32.5 Å². The fourth-order valence-electron chi connectivity index (χ4n) is 2.79. The summed E-state index contributed by atoms with van der Waals surface area (Å²) in [5, 5.41) is 0.245. The molecule has 2 rings (SSSR count). The lowest BCUT2D eigenvalue weighted by Gasteiger charge is -2.44. The van der Waals surface area contributed by atoms with Crippen molar-refractivity contribution in [2.24, 2.45) is 0 Å². The third kappa shape index (κ3) is 4.67. The molecule has 0 aliphatic carbocycles. The van der Waals surface area contributed by atoms with Gasteiger partial charge in [0.15, 0.2) is 0 Å². The van der Waals surface area contributed by atoms with Crippen LogP contribution in [0, 0.1) is 0 Å². The number of halogens is 1.